The molecule has 1 unspecified atom stereocenters. The van der Waals surface area contributed by atoms with E-state index in [1.807, 2.05) is 18.9 Å². The van der Waals surface area contributed by atoms with Crippen LogP contribution in [-0.4, -0.2) is 49.8 Å². The number of urea groups is 1. The Kier molecular flexibility index (Phi) is 6.35. The highest BCUT2D eigenvalue weighted by Gasteiger charge is 2.24. The molecular weight excluding hydrogens is 333 g/mol. The highest BCUT2D eigenvalue weighted by molar-refractivity contribution is 5.89. The van der Waals surface area contributed by atoms with Crippen LogP contribution in [0.5, 0.6) is 0 Å². The van der Waals surface area contributed by atoms with Crippen molar-refractivity contribution < 1.29 is 13.9 Å². The quantitative estimate of drug-likeness (QED) is 0.870. The molecule has 0 aromatic heterocycles. The predicted octanol–water partition coefficient (Wildman–Crippen LogP) is 4.24. The summed E-state index contributed by atoms with van der Waals surface area (Å²) in [6.07, 6.45) is 6.89. The van der Waals surface area contributed by atoms with E-state index in [0.29, 0.717) is 37.1 Å². The van der Waals surface area contributed by atoms with Gasteiger partial charge in [0.1, 0.15) is 5.82 Å². The van der Waals surface area contributed by atoms with E-state index in [9.17, 15) is 9.18 Å². The van der Waals surface area contributed by atoms with Crippen molar-refractivity contribution in [3.63, 3.8) is 0 Å². The number of hydrogen-bond acceptors (Lipinski definition) is 3. The fourth-order valence-electron chi connectivity index (χ4n) is 3.89. The number of amides is 2. The minimum absolute atomic E-state index is 0.0813. The molecule has 1 atom stereocenters. The van der Waals surface area contributed by atoms with Crippen LogP contribution in [0.2, 0.25) is 0 Å². The molecule has 5 nitrogen and oxygen atoms in total. The summed E-state index contributed by atoms with van der Waals surface area (Å²) in [7, 11) is 1.96. The Balaban J connectivity index is 1.62. The first kappa shape index (κ1) is 19.0. The number of nitrogens with zero attached hydrogens (tertiary/aromatic N) is 2. The van der Waals surface area contributed by atoms with Crippen LogP contribution in [0.25, 0.3) is 0 Å². The van der Waals surface area contributed by atoms with E-state index in [-0.39, 0.29) is 18.0 Å². The van der Waals surface area contributed by atoms with Crippen molar-refractivity contribution >= 4 is 17.4 Å². The molecule has 1 heterocycles. The largest absolute Gasteiger partial charge is 0.375 e. The second-order valence-electron chi connectivity index (χ2n) is 7.35. The van der Waals surface area contributed by atoms with E-state index in [2.05, 4.69) is 5.32 Å². The number of anilines is 2. The minimum atomic E-state index is -0.288. The van der Waals surface area contributed by atoms with Gasteiger partial charge in [0.05, 0.1) is 18.4 Å². The van der Waals surface area contributed by atoms with E-state index in [4.69, 9.17) is 4.74 Å². The average Bonchev–Trinajstić information content (AvgIpc) is 2.68. The summed E-state index contributed by atoms with van der Waals surface area (Å²) >= 11 is 0. The predicted molar refractivity (Wildman–Crippen MR) is 102 cm³/mol. The monoisotopic (exact) mass is 363 g/mol. The van der Waals surface area contributed by atoms with Crippen LogP contribution in [0.1, 0.15) is 45.4 Å². The Morgan fingerprint density at radius 1 is 1.35 bits per heavy atom. The van der Waals surface area contributed by atoms with Crippen molar-refractivity contribution in [2.24, 2.45) is 0 Å². The molecule has 1 aromatic carbocycles. The highest BCUT2D eigenvalue weighted by atomic mass is 19.1. The van der Waals surface area contributed by atoms with Gasteiger partial charge in [-0.1, -0.05) is 26.2 Å². The maximum Gasteiger partial charge on any atom is 0.322 e. The molecule has 1 aliphatic carbocycles. The minimum Gasteiger partial charge on any atom is -0.375 e. The van der Waals surface area contributed by atoms with Crippen LogP contribution in [0.3, 0.4) is 0 Å². The third-order valence-electron chi connectivity index (χ3n) is 5.58. The Labute approximate surface area is 155 Å². The van der Waals surface area contributed by atoms with Crippen molar-refractivity contribution in [3.8, 4) is 0 Å². The topological polar surface area (TPSA) is 44.8 Å². The summed E-state index contributed by atoms with van der Waals surface area (Å²) < 4.78 is 20.2. The van der Waals surface area contributed by atoms with Gasteiger partial charge in [0.25, 0.3) is 0 Å². The first-order valence-corrected chi connectivity index (χ1v) is 9.78. The second-order valence-corrected chi connectivity index (χ2v) is 7.35. The summed E-state index contributed by atoms with van der Waals surface area (Å²) in [6, 6.07) is 5.18. The molecule has 144 valence electrons. The number of carbonyl (C=O) groups is 1. The molecule has 2 amide bonds. The van der Waals surface area contributed by atoms with Gasteiger partial charge in [0.2, 0.25) is 0 Å². The fourth-order valence-corrected chi connectivity index (χ4v) is 3.89. The van der Waals surface area contributed by atoms with Crippen molar-refractivity contribution in [3.05, 3.63) is 24.0 Å². The van der Waals surface area contributed by atoms with Crippen molar-refractivity contribution in [1.29, 1.82) is 0 Å². The number of nitrogens with one attached hydrogen (secondary N) is 1. The lowest BCUT2D eigenvalue weighted by Gasteiger charge is -2.33. The van der Waals surface area contributed by atoms with E-state index >= 15 is 0 Å². The zero-order valence-corrected chi connectivity index (χ0v) is 15.8. The number of hydrogen-bond donors (Lipinski definition) is 1. The maximum atomic E-state index is 14.6. The lowest BCUT2D eigenvalue weighted by molar-refractivity contribution is -0.0134. The number of ether oxygens (including phenoxy) is 1. The molecule has 0 bridgehead atoms. The molecular formula is C20H30FN3O2. The third-order valence-corrected chi connectivity index (χ3v) is 5.58. The third kappa shape index (κ3) is 4.47. The Hall–Kier alpha value is -1.82. The van der Waals surface area contributed by atoms with Gasteiger partial charge in [-0.25, -0.2) is 9.18 Å². The lowest BCUT2D eigenvalue weighted by atomic mass is 9.94. The molecule has 1 aliphatic heterocycles. The molecule has 1 aromatic rings. The van der Waals surface area contributed by atoms with Crippen molar-refractivity contribution in [1.82, 2.24) is 4.90 Å². The number of rotatable bonds is 4. The van der Waals surface area contributed by atoms with Gasteiger partial charge >= 0.3 is 6.03 Å². The van der Waals surface area contributed by atoms with Gasteiger partial charge in [0, 0.05) is 31.9 Å². The first-order chi connectivity index (χ1) is 12.6. The summed E-state index contributed by atoms with van der Waals surface area (Å²) in [6.45, 7) is 3.73. The van der Waals surface area contributed by atoms with Crippen LogP contribution in [0, 0.1) is 5.82 Å². The fraction of sp³-hybridized carbons (Fsp3) is 0.650. The van der Waals surface area contributed by atoms with E-state index in [0.717, 1.165) is 19.3 Å². The maximum absolute atomic E-state index is 14.6. The molecule has 6 heteroatoms. The second kappa shape index (κ2) is 8.71. The van der Waals surface area contributed by atoms with Crippen LogP contribution in [-0.2, 0) is 4.74 Å². The zero-order valence-electron chi connectivity index (χ0n) is 15.8. The Morgan fingerprint density at radius 3 is 2.81 bits per heavy atom. The smallest absolute Gasteiger partial charge is 0.322 e. The molecule has 0 radical (unpaired) electrons. The average molecular weight is 363 g/mol. The number of carbonyl (C=O) groups excluding carboxylic acids is 1. The SMILES string of the molecule is CCC1CN(C(=O)Nc2ccc(N(C)C3CCCCC3)c(F)c2)CCO1. The molecule has 1 saturated carbocycles. The molecule has 1 saturated heterocycles. The summed E-state index contributed by atoms with van der Waals surface area (Å²) in [5, 5.41) is 2.82. The molecule has 2 fully saturated rings. The molecule has 2 aliphatic rings. The Morgan fingerprint density at radius 2 is 2.12 bits per heavy atom. The van der Waals surface area contributed by atoms with Gasteiger partial charge in [-0.3, -0.25) is 0 Å². The van der Waals surface area contributed by atoms with Crippen LogP contribution >= 0.6 is 0 Å². The highest BCUT2D eigenvalue weighted by Crippen LogP contribution is 2.29. The van der Waals surface area contributed by atoms with Gasteiger partial charge in [-0.2, -0.15) is 0 Å². The van der Waals surface area contributed by atoms with Crippen LogP contribution < -0.4 is 10.2 Å². The van der Waals surface area contributed by atoms with Crippen LogP contribution in [0.15, 0.2) is 18.2 Å². The molecule has 3 rings (SSSR count). The summed E-state index contributed by atoms with van der Waals surface area (Å²) in [5.41, 5.74) is 1.10. The zero-order chi connectivity index (χ0) is 18.5. The summed E-state index contributed by atoms with van der Waals surface area (Å²) in [4.78, 5) is 16.2. The lowest BCUT2D eigenvalue weighted by Crippen LogP contribution is -2.47. The summed E-state index contributed by atoms with van der Waals surface area (Å²) in [5.74, 6) is -0.288. The number of benzene rings is 1. The van der Waals surface area contributed by atoms with E-state index in [1.54, 1.807) is 17.0 Å². The van der Waals surface area contributed by atoms with Crippen molar-refractivity contribution in [2.75, 3.05) is 37.0 Å². The van der Waals surface area contributed by atoms with Gasteiger partial charge in [-0.05, 0) is 37.5 Å². The van der Waals surface area contributed by atoms with Gasteiger partial charge in [-0.15, -0.1) is 0 Å². The van der Waals surface area contributed by atoms with Crippen LogP contribution in [0.4, 0.5) is 20.6 Å². The molecule has 1 N–H and O–H groups in total. The normalized spacial score (nSPS) is 21.5. The van der Waals surface area contributed by atoms with E-state index in [1.165, 1.54) is 25.3 Å². The molecule has 26 heavy (non-hydrogen) atoms. The number of morpholine rings is 1. The molecule has 0 spiro atoms. The van der Waals surface area contributed by atoms with Gasteiger partial charge < -0.3 is 19.9 Å². The van der Waals surface area contributed by atoms with Gasteiger partial charge in [0.15, 0.2) is 0 Å². The number of halogens is 1. The van der Waals surface area contributed by atoms with E-state index < -0.39 is 0 Å². The standard InChI is InChI=1S/C20H30FN3O2/c1-3-17-14-24(11-12-26-17)20(25)22-15-9-10-19(18(21)13-15)23(2)16-7-5-4-6-8-16/h9-10,13,16-17H,3-8,11-12,14H2,1-2H3,(H,22,25). The first-order valence-electron chi connectivity index (χ1n) is 9.78. The van der Waals surface area contributed by atoms with Crippen molar-refractivity contribution in [2.45, 2.75) is 57.6 Å². The Bertz CT molecular complexity index is 619.